The lowest BCUT2D eigenvalue weighted by Gasteiger charge is -2.26. The summed E-state index contributed by atoms with van der Waals surface area (Å²) in [5.41, 5.74) is 3.62. The van der Waals surface area contributed by atoms with Crippen LogP contribution in [0.5, 0.6) is 0 Å². The van der Waals surface area contributed by atoms with Gasteiger partial charge in [-0.3, -0.25) is 4.79 Å². The SMILES string of the molecule is COCCn1c(=NC(=O)c2ccc(S(=O)(=O)N3CCOCC3)cc2)sc2c(C)cc(C)cc21. The molecule has 1 fully saturated rings. The first-order chi connectivity index (χ1) is 15.8. The topological polar surface area (TPSA) is 90.2 Å². The van der Waals surface area contributed by atoms with Gasteiger partial charge in [-0.2, -0.15) is 9.30 Å². The highest BCUT2D eigenvalue weighted by molar-refractivity contribution is 7.89. The fourth-order valence-corrected chi connectivity index (χ4v) is 6.37. The average Bonchev–Trinajstić information content (AvgIpc) is 3.15. The second-order valence-corrected chi connectivity index (χ2v) is 10.8. The van der Waals surface area contributed by atoms with Crippen LogP contribution in [0.25, 0.3) is 10.2 Å². The number of benzene rings is 2. The van der Waals surface area contributed by atoms with Gasteiger partial charge in [0.1, 0.15) is 0 Å². The van der Waals surface area contributed by atoms with E-state index in [0.29, 0.717) is 49.8 Å². The molecule has 0 unspecified atom stereocenters. The van der Waals surface area contributed by atoms with Crippen LogP contribution in [0.2, 0.25) is 0 Å². The zero-order chi connectivity index (χ0) is 23.6. The normalized spacial score (nSPS) is 15.9. The summed E-state index contributed by atoms with van der Waals surface area (Å²) in [6.45, 7) is 6.56. The highest BCUT2D eigenvalue weighted by Gasteiger charge is 2.26. The minimum atomic E-state index is -3.61. The summed E-state index contributed by atoms with van der Waals surface area (Å²) in [4.78, 5) is 18.1. The van der Waals surface area contributed by atoms with E-state index in [0.717, 1.165) is 21.3 Å². The Kier molecular flexibility index (Phi) is 7.10. The molecule has 1 saturated heterocycles. The molecule has 1 aliphatic rings. The minimum Gasteiger partial charge on any atom is -0.383 e. The molecule has 0 radical (unpaired) electrons. The van der Waals surface area contributed by atoms with Gasteiger partial charge in [0, 0.05) is 32.3 Å². The number of morpholine rings is 1. The third-order valence-corrected chi connectivity index (χ3v) is 8.68. The van der Waals surface area contributed by atoms with Crippen molar-refractivity contribution < 1.29 is 22.7 Å². The van der Waals surface area contributed by atoms with Crippen LogP contribution in [0, 0.1) is 13.8 Å². The molecule has 8 nitrogen and oxygen atoms in total. The molecule has 0 spiro atoms. The maximum Gasteiger partial charge on any atom is 0.279 e. The number of methoxy groups -OCH3 is 1. The Bertz CT molecular complexity index is 1330. The van der Waals surface area contributed by atoms with Crippen LogP contribution in [-0.2, 0) is 26.0 Å². The Morgan fingerprint density at radius 3 is 2.52 bits per heavy atom. The predicted molar refractivity (Wildman–Crippen MR) is 127 cm³/mol. The van der Waals surface area contributed by atoms with E-state index in [1.807, 2.05) is 18.4 Å². The molecule has 0 bridgehead atoms. The molecule has 0 atom stereocenters. The van der Waals surface area contributed by atoms with Gasteiger partial charge < -0.3 is 14.0 Å². The lowest BCUT2D eigenvalue weighted by atomic mass is 10.1. The molecule has 1 amide bonds. The van der Waals surface area contributed by atoms with E-state index in [-0.39, 0.29) is 4.90 Å². The molecule has 0 aliphatic carbocycles. The summed E-state index contributed by atoms with van der Waals surface area (Å²) in [7, 11) is -1.97. The number of aromatic nitrogens is 1. The van der Waals surface area contributed by atoms with E-state index in [2.05, 4.69) is 17.1 Å². The second kappa shape index (κ2) is 9.86. The minimum absolute atomic E-state index is 0.157. The lowest BCUT2D eigenvalue weighted by Crippen LogP contribution is -2.40. The van der Waals surface area contributed by atoms with Crippen molar-refractivity contribution in [1.29, 1.82) is 0 Å². The van der Waals surface area contributed by atoms with Crippen LogP contribution in [0.3, 0.4) is 0 Å². The molecule has 1 aliphatic heterocycles. The summed E-state index contributed by atoms with van der Waals surface area (Å²) in [6.07, 6.45) is 0. The van der Waals surface area contributed by atoms with Crippen molar-refractivity contribution in [2.45, 2.75) is 25.3 Å². The highest BCUT2D eigenvalue weighted by Crippen LogP contribution is 2.24. The van der Waals surface area contributed by atoms with Gasteiger partial charge in [0.2, 0.25) is 10.0 Å². The predicted octanol–water partition coefficient (Wildman–Crippen LogP) is 2.73. The number of hydrogen-bond acceptors (Lipinski definition) is 6. The Labute approximate surface area is 197 Å². The summed E-state index contributed by atoms with van der Waals surface area (Å²) < 4.78 is 40.6. The summed E-state index contributed by atoms with van der Waals surface area (Å²) in [6, 6.07) is 10.2. The number of amides is 1. The van der Waals surface area contributed by atoms with Crippen molar-refractivity contribution in [3.05, 3.63) is 57.9 Å². The van der Waals surface area contributed by atoms with Crippen LogP contribution in [0.4, 0.5) is 0 Å². The van der Waals surface area contributed by atoms with Gasteiger partial charge in [-0.15, -0.1) is 0 Å². The van der Waals surface area contributed by atoms with E-state index in [1.54, 1.807) is 7.11 Å². The molecule has 176 valence electrons. The van der Waals surface area contributed by atoms with Crippen molar-refractivity contribution in [1.82, 2.24) is 8.87 Å². The molecule has 33 heavy (non-hydrogen) atoms. The van der Waals surface area contributed by atoms with Gasteiger partial charge in [-0.05, 0) is 55.3 Å². The number of hydrogen-bond donors (Lipinski definition) is 0. The van der Waals surface area contributed by atoms with Crippen molar-refractivity contribution >= 4 is 37.5 Å². The fraction of sp³-hybridized carbons (Fsp3) is 0.391. The van der Waals surface area contributed by atoms with Crippen molar-refractivity contribution in [3.63, 3.8) is 0 Å². The molecule has 0 saturated carbocycles. The van der Waals surface area contributed by atoms with E-state index in [4.69, 9.17) is 9.47 Å². The number of nitrogens with zero attached hydrogens (tertiary/aromatic N) is 3. The maximum absolute atomic E-state index is 13.0. The number of fused-ring (bicyclic) bond motifs is 1. The van der Waals surface area contributed by atoms with Crippen LogP contribution in [0.1, 0.15) is 21.5 Å². The summed E-state index contributed by atoms with van der Waals surface area (Å²) >= 11 is 1.46. The third-order valence-electron chi connectivity index (χ3n) is 5.54. The molecule has 10 heteroatoms. The number of carbonyl (C=O) groups excluding carboxylic acids is 1. The largest absolute Gasteiger partial charge is 0.383 e. The zero-order valence-corrected chi connectivity index (χ0v) is 20.5. The average molecular weight is 490 g/mol. The molecular weight excluding hydrogens is 462 g/mol. The van der Waals surface area contributed by atoms with Crippen molar-refractivity contribution in [3.8, 4) is 0 Å². The molecular formula is C23H27N3O5S2. The fourth-order valence-electron chi connectivity index (χ4n) is 3.85. The molecule has 3 aromatic rings. The molecule has 2 heterocycles. The summed E-state index contributed by atoms with van der Waals surface area (Å²) in [5, 5.41) is 0. The van der Waals surface area contributed by atoms with Crippen LogP contribution < -0.4 is 4.80 Å². The monoisotopic (exact) mass is 489 g/mol. The van der Waals surface area contributed by atoms with Crippen LogP contribution >= 0.6 is 11.3 Å². The van der Waals surface area contributed by atoms with Crippen LogP contribution in [-0.4, -0.2) is 63.2 Å². The van der Waals surface area contributed by atoms with Gasteiger partial charge in [0.15, 0.2) is 4.80 Å². The van der Waals surface area contributed by atoms with Gasteiger partial charge in [0.25, 0.3) is 5.91 Å². The second-order valence-electron chi connectivity index (χ2n) is 7.92. The molecule has 4 rings (SSSR count). The van der Waals surface area contributed by atoms with E-state index in [1.165, 1.54) is 39.9 Å². The molecule has 2 aromatic carbocycles. The lowest BCUT2D eigenvalue weighted by molar-refractivity contribution is 0.0730. The standard InChI is InChI=1S/C23H27N3O5S2/c1-16-14-17(2)21-20(15-16)26(10-11-30-3)23(32-21)24-22(27)18-4-6-19(7-5-18)33(28,29)25-8-12-31-13-9-25/h4-7,14-15H,8-13H2,1-3H3. The van der Waals surface area contributed by atoms with Crippen LogP contribution in [0.15, 0.2) is 46.3 Å². The Morgan fingerprint density at radius 2 is 1.85 bits per heavy atom. The van der Waals surface area contributed by atoms with Crippen molar-refractivity contribution in [2.24, 2.45) is 4.99 Å². The number of rotatable bonds is 6. The Morgan fingerprint density at radius 1 is 1.15 bits per heavy atom. The van der Waals surface area contributed by atoms with Gasteiger partial charge >= 0.3 is 0 Å². The molecule has 0 N–H and O–H groups in total. The first-order valence-electron chi connectivity index (χ1n) is 10.7. The Hall–Kier alpha value is -2.37. The van der Waals surface area contributed by atoms with Gasteiger partial charge in [-0.1, -0.05) is 17.4 Å². The number of ether oxygens (including phenoxy) is 2. The first-order valence-corrected chi connectivity index (χ1v) is 12.9. The van der Waals surface area contributed by atoms with E-state index < -0.39 is 15.9 Å². The first kappa shape index (κ1) is 23.8. The van der Waals surface area contributed by atoms with Gasteiger partial charge in [0.05, 0.1) is 34.9 Å². The highest BCUT2D eigenvalue weighted by atomic mass is 32.2. The number of sulfonamides is 1. The zero-order valence-electron chi connectivity index (χ0n) is 18.9. The Balaban J connectivity index is 1.67. The maximum atomic E-state index is 13.0. The van der Waals surface area contributed by atoms with E-state index >= 15 is 0 Å². The quantitative estimate of drug-likeness (QED) is 0.531. The summed E-state index contributed by atoms with van der Waals surface area (Å²) in [5.74, 6) is -0.419. The smallest absolute Gasteiger partial charge is 0.279 e. The van der Waals surface area contributed by atoms with Crippen molar-refractivity contribution in [2.75, 3.05) is 40.0 Å². The third kappa shape index (κ3) is 4.95. The number of carbonyl (C=O) groups is 1. The van der Waals surface area contributed by atoms with E-state index in [9.17, 15) is 13.2 Å². The number of aryl methyl sites for hydroxylation is 2. The molecule has 1 aromatic heterocycles. The van der Waals surface area contributed by atoms with Gasteiger partial charge in [-0.25, -0.2) is 8.42 Å². The number of thiazole rings is 1.